The van der Waals surface area contributed by atoms with E-state index in [0.717, 1.165) is 12.1 Å². The number of amides is 1. The van der Waals surface area contributed by atoms with Crippen LogP contribution in [-0.2, 0) is 19.7 Å². The molecule has 0 saturated carbocycles. The topological polar surface area (TPSA) is 58.6 Å². The first-order valence-electron chi connectivity index (χ1n) is 9.85. The Morgan fingerprint density at radius 2 is 2.07 bits per heavy atom. The summed E-state index contributed by atoms with van der Waals surface area (Å²) >= 11 is 0. The first kappa shape index (κ1) is 18.1. The number of ether oxygens (including phenoxy) is 1. The fraction of sp³-hybridized carbons (Fsp3) is 0.545. The van der Waals surface area contributed by atoms with Gasteiger partial charge in [0.1, 0.15) is 12.2 Å². The summed E-state index contributed by atoms with van der Waals surface area (Å²) in [6, 6.07) is 7.73. The summed E-state index contributed by atoms with van der Waals surface area (Å²) in [6.07, 6.45) is 3.31. The average Bonchev–Trinajstić information content (AvgIpc) is 3.09. The Morgan fingerprint density at radius 3 is 2.78 bits per heavy atom. The average molecular weight is 368 g/mol. The van der Waals surface area contributed by atoms with Gasteiger partial charge < -0.3 is 15.0 Å². The molecule has 0 aliphatic carbocycles. The van der Waals surface area contributed by atoms with Crippen LogP contribution in [-0.4, -0.2) is 35.1 Å². The summed E-state index contributed by atoms with van der Waals surface area (Å²) in [4.78, 5) is 27.8. The number of nitrogens with one attached hydrogen (secondary N) is 1. The van der Waals surface area contributed by atoms with Gasteiger partial charge in [0.25, 0.3) is 5.91 Å². The Morgan fingerprint density at radius 1 is 1.33 bits per heavy atom. The minimum atomic E-state index is -0.668. The Hall–Kier alpha value is -2.30. The van der Waals surface area contributed by atoms with Crippen molar-refractivity contribution in [3.63, 3.8) is 0 Å². The van der Waals surface area contributed by atoms with Crippen LogP contribution in [0.1, 0.15) is 52.5 Å². The molecule has 5 nitrogen and oxygen atoms in total. The number of cyclic esters (lactones) is 1. The number of carbonyl (C=O) groups is 2. The Bertz CT molecular complexity index is 812. The number of hydrogen-bond acceptors (Lipinski definition) is 4. The molecule has 0 spiro atoms. The standard InChI is InChI=1S/C22H28N2O3/c1-13(2)9-10-22-12-17-20(26)27-18(11-14(3)4)19(25)24(17)21(22)23-16-8-6-5-7-15(16)22/h5-9,14,17-18,21,23H,10-12H2,1-4H3/t17-,18-,21-,22-/m0/s1. The number of fused-ring (bicyclic) bond motifs is 5. The van der Waals surface area contributed by atoms with E-state index in [1.165, 1.54) is 11.1 Å². The molecule has 0 bridgehead atoms. The molecule has 27 heavy (non-hydrogen) atoms. The monoisotopic (exact) mass is 368 g/mol. The minimum Gasteiger partial charge on any atom is -0.451 e. The lowest BCUT2D eigenvalue weighted by molar-refractivity contribution is -0.178. The van der Waals surface area contributed by atoms with Gasteiger partial charge in [-0.3, -0.25) is 4.79 Å². The molecule has 1 N–H and O–H groups in total. The number of rotatable bonds is 4. The van der Waals surface area contributed by atoms with Crippen LogP contribution < -0.4 is 5.32 Å². The van der Waals surface area contributed by atoms with Crippen LogP contribution >= 0.6 is 0 Å². The molecular formula is C22H28N2O3. The predicted molar refractivity (Wildman–Crippen MR) is 104 cm³/mol. The molecule has 2 fully saturated rings. The first-order valence-corrected chi connectivity index (χ1v) is 9.85. The third-order valence-electron chi connectivity index (χ3n) is 6.07. The molecular weight excluding hydrogens is 340 g/mol. The normalized spacial score (nSPS) is 31.1. The van der Waals surface area contributed by atoms with Gasteiger partial charge in [-0.05, 0) is 50.7 Å². The second-order valence-corrected chi connectivity index (χ2v) is 8.75. The number of para-hydroxylation sites is 1. The van der Waals surface area contributed by atoms with Crippen LogP contribution in [0.3, 0.4) is 0 Å². The third-order valence-corrected chi connectivity index (χ3v) is 6.07. The molecule has 4 atom stereocenters. The lowest BCUT2D eigenvalue weighted by Crippen LogP contribution is -2.58. The van der Waals surface area contributed by atoms with Crippen LogP contribution in [0, 0.1) is 5.92 Å². The Kier molecular flexibility index (Phi) is 4.28. The van der Waals surface area contributed by atoms with Crippen molar-refractivity contribution < 1.29 is 14.3 Å². The molecule has 4 rings (SSSR count). The van der Waals surface area contributed by atoms with Crippen LogP contribution in [0.5, 0.6) is 0 Å². The van der Waals surface area contributed by atoms with Crippen molar-refractivity contribution >= 4 is 17.6 Å². The molecule has 3 aliphatic heterocycles. The maximum Gasteiger partial charge on any atom is 0.329 e. The third kappa shape index (κ3) is 2.75. The van der Waals surface area contributed by atoms with E-state index < -0.39 is 12.1 Å². The van der Waals surface area contributed by atoms with Gasteiger partial charge >= 0.3 is 5.97 Å². The smallest absolute Gasteiger partial charge is 0.329 e. The van der Waals surface area contributed by atoms with Crippen LogP contribution in [0.2, 0.25) is 0 Å². The summed E-state index contributed by atoms with van der Waals surface area (Å²) in [5.74, 6) is -0.0294. The van der Waals surface area contributed by atoms with Crippen molar-refractivity contribution in [3.05, 3.63) is 41.5 Å². The molecule has 3 heterocycles. The maximum absolute atomic E-state index is 13.3. The number of carbonyl (C=O) groups excluding carboxylic acids is 2. The van der Waals surface area contributed by atoms with Crippen molar-refractivity contribution in [2.45, 2.75) is 70.7 Å². The highest BCUT2D eigenvalue weighted by atomic mass is 16.6. The number of anilines is 1. The zero-order valence-corrected chi connectivity index (χ0v) is 16.5. The van der Waals surface area contributed by atoms with E-state index in [1.807, 2.05) is 26.0 Å². The Labute approximate surface area is 160 Å². The number of morpholine rings is 1. The quantitative estimate of drug-likeness (QED) is 0.652. The van der Waals surface area contributed by atoms with Crippen LogP contribution in [0.25, 0.3) is 0 Å². The number of hydrogen-bond donors (Lipinski definition) is 1. The Balaban J connectivity index is 1.76. The van der Waals surface area contributed by atoms with Gasteiger partial charge in [0.05, 0.1) is 0 Å². The zero-order chi connectivity index (χ0) is 19.3. The van der Waals surface area contributed by atoms with Gasteiger partial charge in [0.15, 0.2) is 6.10 Å². The summed E-state index contributed by atoms with van der Waals surface area (Å²) in [5, 5.41) is 3.55. The summed E-state index contributed by atoms with van der Waals surface area (Å²) in [7, 11) is 0. The van der Waals surface area contributed by atoms with E-state index in [2.05, 4.69) is 37.4 Å². The number of nitrogens with zero attached hydrogens (tertiary/aromatic N) is 1. The molecule has 0 unspecified atom stereocenters. The van der Waals surface area contributed by atoms with Crippen molar-refractivity contribution in [2.75, 3.05) is 5.32 Å². The van der Waals surface area contributed by atoms with E-state index >= 15 is 0 Å². The largest absolute Gasteiger partial charge is 0.451 e. The fourth-order valence-corrected chi connectivity index (χ4v) is 4.84. The highest BCUT2D eigenvalue weighted by Crippen LogP contribution is 2.54. The highest BCUT2D eigenvalue weighted by molar-refractivity contribution is 5.94. The second-order valence-electron chi connectivity index (χ2n) is 8.75. The summed E-state index contributed by atoms with van der Waals surface area (Å²) in [6.45, 7) is 8.25. The molecule has 0 aromatic heterocycles. The molecule has 1 amide bonds. The van der Waals surface area contributed by atoms with E-state index in [9.17, 15) is 9.59 Å². The fourth-order valence-electron chi connectivity index (χ4n) is 4.84. The van der Waals surface area contributed by atoms with Gasteiger partial charge in [0.2, 0.25) is 0 Å². The lowest BCUT2D eigenvalue weighted by atomic mass is 9.75. The lowest BCUT2D eigenvalue weighted by Gasteiger charge is -2.38. The SMILES string of the molecule is CC(C)=CC[C@@]12C[C@H]3C(=O)O[C@@H](CC(C)C)C(=O)N3[C@@H]1Nc1ccccc12. The van der Waals surface area contributed by atoms with E-state index in [1.54, 1.807) is 4.90 Å². The van der Waals surface area contributed by atoms with Gasteiger partial charge in [-0.1, -0.05) is 43.7 Å². The molecule has 1 aromatic carbocycles. The van der Waals surface area contributed by atoms with E-state index in [0.29, 0.717) is 12.8 Å². The number of benzene rings is 1. The van der Waals surface area contributed by atoms with E-state index in [4.69, 9.17) is 4.74 Å². The molecule has 3 aliphatic rings. The van der Waals surface area contributed by atoms with Crippen LogP contribution in [0.15, 0.2) is 35.9 Å². The summed E-state index contributed by atoms with van der Waals surface area (Å²) in [5.41, 5.74) is 3.21. The minimum absolute atomic E-state index is 0.0577. The number of allylic oxidation sites excluding steroid dienone is 2. The van der Waals surface area contributed by atoms with Crippen LogP contribution in [0.4, 0.5) is 5.69 Å². The van der Waals surface area contributed by atoms with Crippen molar-refractivity contribution in [1.29, 1.82) is 0 Å². The molecule has 1 aromatic rings. The van der Waals surface area contributed by atoms with Gasteiger partial charge in [-0.15, -0.1) is 0 Å². The molecule has 2 saturated heterocycles. The highest BCUT2D eigenvalue weighted by Gasteiger charge is 2.63. The van der Waals surface area contributed by atoms with Crippen molar-refractivity contribution in [2.24, 2.45) is 5.92 Å². The molecule has 5 heteroatoms. The maximum atomic E-state index is 13.3. The van der Waals surface area contributed by atoms with Crippen molar-refractivity contribution in [1.82, 2.24) is 4.90 Å². The summed E-state index contributed by atoms with van der Waals surface area (Å²) < 4.78 is 5.57. The predicted octanol–water partition coefficient (Wildman–Crippen LogP) is 3.60. The second kappa shape index (κ2) is 6.39. The van der Waals surface area contributed by atoms with Gasteiger partial charge in [0, 0.05) is 11.1 Å². The molecule has 144 valence electrons. The van der Waals surface area contributed by atoms with Gasteiger partial charge in [-0.25, -0.2) is 4.79 Å². The zero-order valence-electron chi connectivity index (χ0n) is 16.5. The van der Waals surface area contributed by atoms with Crippen molar-refractivity contribution in [3.8, 4) is 0 Å². The van der Waals surface area contributed by atoms with E-state index in [-0.39, 0.29) is 29.4 Å². The van der Waals surface area contributed by atoms with Gasteiger partial charge in [-0.2, -0.15) is 0 Å². The number of esters is 1. The first-order chi connectivity index (χ1) is 12.8. The molecule has 0 radical (unpaired) electrons.